The average molecular weight is 256 g/mol. The maximum absolute atomic E-state index is 9.62. The van der Waals surface area contributed by atoms with Gasteiger partial charge in [-0.1, -0.05) is 11.6 Å². The van der Waals surface area contributed by atoms with Gasteiger partial charge in [0.05, 0.1) is 6.10 Å². The minimum Gasteiger partial charge on any atom is -0.508 e. The van der Waals surface area contributed by atoms with E-state index >= 15 is 0 Å². The van der Waals surface area contributed by atoms with Crippen LogP contribution >= 0.6 is 11.6 Å². The van der Waals surface area contributed by atoms with Gasteiger partial charge in [-0.05, 0) is 44.0 Å². The van der Waals surface area contributed by atoms with E-state index in [1.165, 1.54) is 12.8 Å². The van der Waals surface area contributed by atoms with E-state index in [-0.39, 0.29) is 0 Å². The lowest BCUT2D eigenvalue weighted by molar-refractivity contribution is 0.104. The highest BCUT2D eigenvalue weighted by atomic mass is 35.5. The van der Waals surface area contributed by atoms with Crippen molar-refractivity contribution in [3.8, 4) is 5.75 Å². The summed E-state index contributed by atoms with van der Waals surface area (Å²) in [4.78, 5) is 0. The van der Waals surface area contributed by atoms with Gasteiger partial charge < -0.3 is 15.2 Å². The van der Waals surface area contributed by atoms with Gasteiger partial charge in [-0.2, -0.15) is 0 Å². The zero-order chi connectivity index (χ0) is 12.1. The van der Waals surface area contributed by atoms with E-state index in [4.69, 9.17) is 16.3 Å². The third-order valence-corrected chi connectivity index (χ3v) is 3.26. The van der Waals surface area contributed by atoms with Crippen molar-refractivity contribution in [3.63, 3.8) is 0 Å². The number of ether oxygens (including phenoxy) is 1. The minimum absolute atomic E-state index is 0.291. The van der Waals surface area contributed by atoms with Crippen molar-refractivity contribution in [2.24, 2.45) is 0 Å². The van der Waals surface area contributed by atoms with Crippen molar-refractivity contribution in [2.75, 3.05) is 13.2 Å². The van der Waals surface area contributed by atoms with E-state index in [0.29, 0.717) is 23.4 Å². The molecule has 1 aliphatic heterocycles. The predicted molar refractivity (Wildman–Crippen MR) is 68.4 cm³/mol. The molecule has 1 aromatic rings. The van der Waals surface area contributed by atoms with E-state index in [0.717, 1.165) is 25.1 Å². The van der Waals surface area contributed by atoms with Crippen LogP contribution in [0.15, 0.2) is 18.2 Å². The van der Waals surface area contributed by atoms with E-state index in [1.54, 1.807) is 18.2 Å². The first-order valence-corrected chi connectivity index (χ1v) is 6.43. The van der Waals surface area contributed by atoms with Crippen LogP contribution in [0.4, 0.5) is 0 Å². The Balaban J connectivity index is 1.72. The fraction of sp³-hybridized carbons (Fsp3) is 0.538. The van der Waals surface area contributed by atoms with E-state index < -0.39 is 0 Å². The first-order valence-electron chi connectivity index (χ1n) is 6.05. The van der Waals surface area contributed by atoms with Gasteiger partial charge in [-0.25, -0.2) is 0 Å². The monoisotopic (exact) mass is 255 g/mol. The number of hydrogen-bond acceptors (Lipinski definition) is 3. The Morgan fingerprint density at radius 1 is 1.47 bits per heavy atom. The number of nitrogens with one attached hydrogen (secondary N) is 1. The number of phenols is 1. The fourth-order valence-corrected chi connectivity index (χ4v) is 2.25. The van der Waals surface area contributed by atoms with Crippen LogP contribution in [0.3, 0.4) is 0 Å². The van der Waals surface area contributed by atoms with Gasteiger partial charge in [0.2, 0.25) is 0 Å². The molecule has 0 unspecified atom stereocenters. The van der Waals surface area contributed by atoms with Crippen LogP contribution in [0, 0.1) is 0 Å². The summed E-state index contributed by atoms with van der Waals surface area (Å²) in [7, 11) is 0. The lowest BCUT2D eigenvalue weighted by Crippen LogP contribution is -2.19. The second-order valence-corrected chi connectivity index (χ2v) is 4.81. The smallest absolute Gasteiger partial charge is 0.120 e. The minimum atomic E-state index is 0.291. The molecule has 94 valence electrons. The second-order valence-electron chi connectivity index (χ2n) is 4.37. The number of aromatic hydroxyl groups is 1. The Hall–Kier alpha value is -0.770. The Kier molecular flexibility index (Phi) is 4.66. The summed E-state index contributed by atoms with van der Waals surface area (Å²) in [5.74, 6) is 0.291. The molecule has 1 atom stereocenters. The first kappa shape index (κ1) is 12.7. The van der Waals surface area contributed by atoms with Crippen molar-refractivity contribution in [1.29, 1.82) is 0 Å². The molecule has 0 aliphatic carbocycles. The summed E-state index contributed by atoms with van der Waals surface area (Å²) < 4.78 is 5.54. The number of phenolic OH excluding ortho intramolecular Hbond substituents is 1. The lowest BCUT2D eigenvalue weighted by atomic mass is 10.1. The van der Waals surface area contributed by atoms with Crippen LogP contribution in [-0.4, -0.2) is 24.4 Å². The molecule has 0 amide bonds. The Bertz CT molecular complexity index is 364. The van der Waals surface area contributed by atoms with E-state index in [2.05, 4.69) is 5.32 Å². The van der Waals surface area contributed by atoms with Gasteiger partial charge in [0.1, 0.15) is 5.75 Å². The van der Waals surface area contributed by atoms with Crippen molar-refractivity contribution in [3.05, 3.63) is 28.8 Å². The van der Waals surface area contributed by atoms with E-state index in [9.17, 15) is 5.11 Å². The number of hydrogen-bond donors (Lipinski definition) is 2. The van der Waals surface area contributed by atoms with Gasteiger partial charge in [-0.15, -0.1) is 0 Å². The van der Waals surface area contributed by atoms with Gasteiger partial charge in [0.15, 0.2) is 0 Å². The second kappa shape index (κ2) is 6.24. The molecule has 1 aromatic carbocycles. The molecule has 17 heavy (non-hydrogen) atoms. The summed E-state index contributed by atoms with van der Waals surface area (Å²) >= 11 is 5.87. The predicted octanol–water partition coefficient (Wildman–Crippen LogP) is 2.70. The maximum atomic E-state index is 9.62. The van der Waals surface area contributed by atoms with Crippen LogP contribution < -0.4 is 5.32 Å². The molecule has 0 saturated carbocycles. The molecule has 3 nitrogen and oxygen atoms in total. The molecule has 1 fully saturated rings. The molecule has 1 saturated heterocycles. The molecule has 0 aromatic heterocycles. The van der Waals surface area contributed by atoms with Crippen LogP contribution in [0.1, 0.15) is 24.8 Å². The van der Waals surface area contributed by atoms with E-state index in [1.807, 2.05) is 0 Å². The molecule has 0 spiro atoms. The Labute approximate surface area is 107 Å². The van der Waals surface area contributed by atoms with Gasteiger partial charge >= 0.3 is 0 Å². The molecular weight excluding hydrogens is 238 g/mol. The third-order valence-electron chi connectivity index (χ3n) is 3.02. The van der Waals surface area contributed by atoms with Crippen molar-refractivity contribution in [1.82, 2.24) is 5.32 Å². The van der Waals surface area contributed by atoms with Crippen molar-refractivity contribution in [2.45, 2.75) is 31.9 Å². The van der Waals surface area contributed by atoms with Gasteiger partial charge in [0.25, 0.3) is 0 Å². The van der Waals surface area contributed by atoms with Crippen molar-refractivity contribution < 1.29 is 9.84 Å². The maximum Gasteiger partial charge on any atom is 0.120 e. The highest BCUT2D eigenvalue weighted by Gasteiger charge is 2.14. The highest BCUT2D eigenvalue weighted by Crippen LogP contribution is 2.21. The van der Waals surface area contributed by atoms with Crippen LogP contribution in [-0.2, 0) is 11.3 Å². The number of rotatable bonds is 5. The SMILES string of the molecule is Oc1ccc(Cl)cc1CNCC[C@@H]1CCCO1. The summed E-state index contributed by atoms with van der Waals surface area (Å²) in [6, 6.07) is 5.10. The third kappa shape index (κ3) is 3.87. The molecule has 0 radical (unpaired) electrons. The average Bonchev–Trinajstić information content (AvgIpc) is 2.82. The largest absolute Gasteiger partial charge is 0.508 e. The molecule has 2 rings (SSSR count). The first-order chi connectivity index (χ1) is 8.25. The van der Waals surface area contributed by atoms with Crippen LogP contribution in [0.2, 0.25) is 5.02 Å². The standard InChI is InChI=1S/C13H18ClNO2/c14-11-3-4-13(16)10(8-11)9-15-6-5-12-2-1-7-17-12/h3-4,8,12,15-16H,1-2,5-7,9H2/t12-/m0/s1. The summed E-state index contributed by atoms with van der Waals surface area (Å²) in [6.45, 7) is 2.44. The van der Waals surface area contributed by atoms with Crippen LogP contribution in [0.25, 0.3) is 0 Å². The summed E-state index contributed by atoms with van der Waals surface area (Å²) in [5, 5.41) is 13.6. The highest BCUT2D eigenvalue weighted by molar-refractivity contribution is 6.30. The topological polar surface area (TPSA) is 41.5 Å². The quantitative estimate of drug-likeness (QED) is 0.795. The summed E-state index contributed by atoms with van der Waals surface area (Å²) in [6.07, 6.45) is 3.79. The molecular formula is C13H18ClNO2. The number of halogens is 1. The molecule has 4 heteroatoms. The molecule has 1 heterocycles. The lowest BCUT2D eigenvalue weighted by Gasteiger charge is -2.10. The zero-order valence-electron chi connectivity index (χ0n) is 9.79. The number of benzene rings is 1. The normalized spacial score (nSPS) is 19.7. The molecule has 1 aliphatic rings. The fourth-order valence-electron chi connectivity index (χ4n) is 2.05. The van der Waals surface area contributed by atoms with Crippen molar-refractivity contribution >= 4 is 11.6 Å². The molecule has 0 bridgehead atoms. The Morgan fingerprint density at radius 3 is 3.12 bits per heavy atom. The van der Waals surface area contributed by atoms with Gasteiger partial charge in [0, 0.05) is 23.7 Å². The Morgan fingerprint density at radius 2 is 2.35 bits per heavy atom. The zero-order valence-corrected chi connectivity index (χ0v) is 10.5. The summed E-state index contributed by atoms with van der Waals surface area (Å²) in [5.41, 5.74) is 0.838. The van der Waals surface area contributed by atoms with Crippen LogP contribution in [0.5, 0.6) is 5.75 Å². The molecule has 2 N–H and O–H groups in total. The van der Waals surface area contributed by atoms with Gasteiger partial charge in [-0.3, -0.25) is 0 Å².